The summed E-state index contributed by atoms with van der Waals surface area (Å²) in [6.07, 6.45) is 2.79. The van der Waals surface area contributed by atoms with Crippen LogP contribution in [0.2, 0.25) is 0 Å². The van der Waals surface area contributed by atoms with Gasteiger partial charge in [-0.1, -0.05) is 6.92 Å². The lowest BCUT2D eigenvalue weighted by molar-refractivity contribution is 0.406. The smallest absolute Gasteiger partial charge is 0.128 e. The lowest BCUT2D eigenvalue weighted by Gasteiger charge is -2.19. The number of rotatable bonds is 6. The Morgan fingerprint density at radius 1 is 1.29 bits per heavy atom. The summed E-state index contributed by atoms with van der Waals surface area (Å²) in [5.74, 6) is 0.956. The van der Waals surface area contributed by atoms with Crippen LogP contribution in [-0.2, 0) is 6.42 Å². The zero-order chi connectivity index (χ0) is 15.4. The summed E-state index contributed by atoms with van der Waals surface area (Å²) in [5.41, 5.74) is 3.34. The van der Waals surface area contributed by atoms with E-state index in [-0.39, 0.29) is 0 Å². The van der Waals surface area contributed by atoms with Crippen molar-refractivity contribution < 1.29 is 4.74 Å². The maximum absolute atomic E-state index is 5.51. The molecule has 0 aliphatic heterocycles. The summed E-state index contributed by atoms with van der Waals surface area (Å²) < 4.78 is 5.51. The summed E-state index contributed by atoms with van der Waals surface area (Å²) in [7, 11) is 1.73. The predicted octanol–water partition coefficient (Wildman–Crippen LogP) is 3.97. The third-order valence-electron chi connectivity index (χ3n) is 3.70. The molecule has 0 radical (unpaired) electrons. The van der Waals surface area contributed by atoms with Crippen LogP contribution in [0.5, 0.6) is 5.75 Å². The van der Waals surface area contributed by atoms with Gasteiger partial charge in [0.25, 0.3) is 0 Å². The normalized spacial score (nSPS) is 12.4. The van der Waals surface area contributed by atoms with Gasteiger partial charge >= 0.3 is 0 Å². The second-order valence-electron chi connectivity index (χ2n) is 5.31. The average molecular weight is 304 g/mol. The van der Waals surface area contributed by atoms with Crippen molar-refractivity contribution in [2.75, 3.05) is 13.7 Å². The first-order valence-electron chi connectivity index (χ1n) is 7.35. The molecule has 1 atom stereocenters. The van der Waals surface area contributed by atoms with Crippen molar-refractivity contribution in [3.63, 3.8) is 0 Å². The van der Waals surface area contributed by atoms with Crippen LogP contribution in [0, 0.1) is 20.8 Å². The van der Waals surface area contributed by atoms with Crippen molar-refractivity contribution >= 4 is 11.3 Å². The van der Waals surface area contributed by atoms with E-state index < -0.39 is 0 Å². The molecular weight excluding hydrogens is 280 g/mol. The van der Waals surface area contributed by atoms with Crippen molar-refractivity contribution in [1.82, 2.24) is 10.3 Å². The Morgan fingerprint density at radius 2 is 2.05 bits per heavy atom. The van der Waals surface area contributed by atoms with E-state index in [0.717, 1.165) is 35.5 Å². The van der Waals surface area contributed by atoms with Crippen molar-refractivity contribution in [3.05, 3.63) is 44.9 Å². The van der Waals surface area contributed by atoms with Crippen LogP contribution in [-0.4, -0.2) is 18.6 Å². The van der Waals surface area contributed by atoms with Crippen LogP contribution in [0.3, 0.4) is 0 Å². The van der Waals surface area contributed by atoms with Crippen LogP contribution in [0.4, 0.5) is 0 Å². The maximum atomic E-state index is 5.51. The number of nitrogens with one attached hydrogen (secondary N) is 1. The Kier molecular flexibility index (Phi) is 5.37. The predicted molar refractivity (Wildman–Crippen MR) is 89.4 cm³/mol. The molecule has 0 bridgehead atoms. The van der Waals surface area contributed by atoms with E-state index in [2.05, 4.69) is 43.2 Å². The van der Waals surface area contributed by atoms with E-state index in [9.17, 15) is 0 Å². The van der Waals surface area contributed by atoms with Gasteiger partial charge in [-0.2, -0.15) is 0 Å². The minimum Gasteiger partial charge on any atom is -0.496 e. The largest absolute Gasteiger partial charge is 0.496 e. The van der Waals surface area contributed by atoms with Gasteiger partial charge in [0.05, 0.1) is 7.11 Å². The molecule has 0 aliphatic rings. The van der Waals surface area contributed by atoms with E-state index in [1.54, 1.807) is 7.11 Å². The molecule has 1 N–H and O–H groups in total. The van der Waals surface area contributed by atoms with Crippen LogP contribution in [0.15, 0.2) is 18.3 Å². The number of pyridine rings is 1. The molecule has 0 saturated heterocycles. The fourth-order valence-corrected chi connectivity index (χ4v) is 3.58. The molecule has 2 heterocycles. The Morgan fingerprint density at radius 3 is 2.62 bits per heavy atom. The standard InChI is InChI=1S/C17H24N2OS/c1-6-18-15(16-8-7-12(3)21-16)9-14-13(4)17(20-5)11(2)10-19-14/h7-8,10,15,18H,6,9H2,1-5H3. The fourth-order valence-electron chi connectivity index (χ4n) is 2.63. The molecule has 4 heteroatoms. The fraction of sp³-hybridized carbons (Fsp3) is 0.471. The summed E-state index contributed by atoms with van der Waals surface area (Å²) >= 11 is 1.85. The summed E-state index contributed by atoms with van der Waals surface area (Å²) in [6.45, 7) is 9.37. The van der Waals surface area contributed by atoms with Crippen LogP contribution in [0.1, 0.15) is 39.5 Å². The van der Waals surface area contributed by atoms with Crippen LogP contribution >= 0.6 is 11.3 Å². The number of aromatic nitrogens is 1. The summed E-state index contributed by atoms with van der Waals surface area (Å²) in [5, 5.41) is 3.57. The maximum Gasteiger partial charge on any atom is 0.128 e. The number of methoxy groups -OCH3 is 1. The van der Waals surface area contributed by atoms with Gasteiger partial charge < -0.3 is 10.1 Å². The molecule has 0 amide bonds. The van der Waals surface area contributed by atoms with Crippen LogP contribution < -0.4 is 10.1 Å². The van der Waals surface area contributed by atoms with Gasteiger partial charge in [0, 0.05) is 45.2 Å². The van der Waals surface area contributed by atoms with Gasteiger partial charge in [-0.15, -0.1) is 11.3 Å². The molecule has 21 heavy (non-hydrogen) atoms. The molecule has 0 fully saturated rings. The molecule has 114 valence electrons. The number of hydrogen-bond acceptors (Lipinski definition) is 4. The molecule has 0 aromatic carbocycles. The molecule has 0 saturated carbocycles. The highest BCUT2D eigenvalue weighted by molar-refractivity contribution is 7.12. The number of likely N-dealkylation sites (N-methyl/N-ethyl adjacent to an activating group) is 1. The van der Waals surface area contributed by atoms with E-state index in [4.69, 9.17) is 4.74 Å². The Bertz CT molecular complexity index is 607. The third-order valence-corrected chi connectivity index (χ3v) is 4.82. The van der Waals surface area contributed by atoms with Crippen LogP contribution in [0.25, 0.3) is 0 Å². The zero-order valence-electron chi connectivity index (χ0n) is 13.5. The van der Waals surface area contributed by atoms with E-state index in [0.29, 0.717) is 6.04 Å². The molecule has 2 rings (SSSR count). The first-order valence-corrected chi connectivity index (χ1v) is 8.17. The number of aryl methyl sites for hydroxylation is 2. The van der Waals surface area contributed by atoms with Crippen molar-refractivity contribution in [3.8, 4) is 5.75 Å². The number of nitrogens with zero attached hydrogens (tertiary/aromatic N) is 1. The molecule has 2 aromatic heterocycles. The van der Waals surface area contributed by atoms with Gasteiger partial charge in [-0.3, -0.25) is 4.98 Å². The summed E-state index contributed by atoms with van der Waals surface area (Å²) in [6, 6.07) is 4.71. The molecule has 2 aromatic rings. The minimum absolute atomic E-state index is 0.312. The highest BCUT2D eigenvalue weighted by Crippen LogP contribution is 2.29. The van der Waals surface area contributed by atoms with E-state index in [1.807, 2.05) is 24.5 Å². The quantitative estimate of drug-likeness (QED) is 0.877. The van der Waals surface area contributed by atoms with Gasteiger partial charge in [-0.05, 0) is 39.4 Å². The second-order valence-corrected chi connectivity index (χ2v) is 6.63. The van der Waals surface area contributed by atoms with Gasteiger partial charge in [-0.25, -0.2) is 0 Å². The van der Waals surface area contributed by atoms with E-state index in [1.165, 1.54) is 9.75 Å². The first-order chi connectivity index (χ1) is 10.1. The molecule has 1 unspecified atom stereocenters. The van der Waals surface area contributed by atoms with Gasteiger partial charge in [0.15, 0.2) is 0 Å². The Hall–Kier alpha value is -1.39. The van der Waals surface area contributed by atoms with Gasteiger partial charge in [0.1, 0.15) is 5.75 Å². The second kappa shape index (κ2) is 7.05. The average Bonchev–Trinajstić information content (AvgIpc) is 2.88. The molecule has 3 nitrogen and oxygen atoms in total. The first kappa shape index (κ1) is 16.0. The monoisotopic (exact) mass is 304 g/mol. The van der Waals surface area contributed by atoms with E-state index >= 15 is 0 Å². The lowest BCUT2D eigenvalue weighted by atomic mass is 10.0. The molecule has 0 spiro atoms. The highest BCUT2D eigenvalue weighted by atomic mass is 32.1. The lowest BCUT2D eigenvalue weighted by Crippen LogP contribution is -2.23. The SMILES string of the molecule is CCNC(Cc1ncc(C)c(OC)c1C)c1ccc(C)s1. The number of ether oxygens (including phenoxy) is 1. The van der Waals surface area contributed by atoms with Crippen molar-refractivity contribution in [2.45, 2.75) is 40.2 Å². The number of hydrogen-bond donors (Lipinski definition) is 1. The minimum atomic E-state index is 0.312. The third kappa shape index (κ3) is 3.63. The Labute approximate surface area is 131 Å². The molecular formula is C17H24N2OS. The number of thiophene rings is 1. The van der Waals surface area contributed by atoms with Crippen molar-refractivity contribution in [2.24, 2.45) is 0 Å². The zero-order valence-corrected chi connectivity index (χ0v) is 14.3. The summed E-state index contributed by atoms with van der Waals surface area (Å²) in [4.78, 5) is 7.34. The molecule has 0 aliphatic carbocycles. The Balaban J connectivity index is 2.29. The topological polar surface area (TPSA) is 34.2 Å². The van der Waals surface area contributed by atoms with Crippen molar-refractivity contribution in [1.29, 1.82) is 0 Å². The highest BCUT2D eigenvalue weighted by Gasteiger charge is 2.17. The van der Waals surface area contributed by atoms with Gasteiger partial charge in [0.2, 0.25) is 0 Å².